The molecule has 0 spiro atoms. The summed E-state index contributed by atoms with van der Waals surface area (Å²) in [6.07, 6.45) is 1.00. The van der Waals surface area contributed by atoms with E-state index in [4.69, 9.17) is 4.74 Å². The highest BCUT2D eigenvalue weighted by Crippen LogP contribution is 2.26. The summed E-state index contributed by atoms with van der Waals surface area (Å²) in [6.45, 7) is 4.83. The van der Waals surface area contributed by atoms with E-state index >= 15 is 0 Å². The highest BCUT2D eigenvalue weighted by molar-refractivity contribution is 7.92. The minimum Gasteiger partial charge on any atom is -0.454 e. The maximum absolute atomic E-state index is 12.4. The smallest absolute Gasteiger partial charge is 0.340 e. The number of hydrogen-bond acceptors (Lipinski definition) is 5. The van der Waals surface area contributed by atoms with Crippen molar-refractivity contribution in [2.75, 3.05) is 17.6 Å². The second-order valence-corrected chi connectivity index (χ2v) is 8.62. The normalized spacial score (nSPS) is 12.0. The summed E-state index contributed by atoms with van der Waals surface area (Å²) >= 11 is 0. The van der Waals surface area contributed by atoms with E-state index in [9.17, 15) is 18.0 Å². The zero-order valence-corrected chi connectivity index (χ0v) is 15.4. The Labute approximate surface area is 147 Å². The average molecular weight is 363 g/mol. The van der Waals surface area contributed by atoms with Gasteiger partial charge in [0.1, 0.15) is 0 Å². The Kier molecular flexibility index (Phi) is 5.17. The first-order chi connectivity index (χ1) is 11.5. The third-order valence-corrected chi connectivity index (χ3v) is 4.16. The summed E-state index contributed by atoms with van der Waals surface area (Å²) in [5, 5.41) is 1.53. The van der Waals surface area contributed by atoms with Crippen molar-refractivity contribution in [3.63, 3.8) is 0 Å². The molecule has 0 saturated carbocycles. The molecule has 2 rings (SSSR count). The van der Waals surface area contributed by atoms with Crippen LogP contribution in [-0.4, -0.2) is 33.0 Å². The Balaban J connectivity index is 2.38. The third-order valence-electron chi connectivity index (χ3n) is 3.57. The number of sulfonamides is 1. The Morgan fingerprint density at radius 2 is 1.64 bits per heavy atom. The first kappa shape index (κ1) is 18.9. The molecule has 0 fully saturated rings. The van der Waals surface area contributed by atoms with Gasteiger partial charge in [-0.1, -0.05) is 45.0 Å². The second-order valence-electron chi connectivity index (χ2n) is 6.87. The quantitative estimate of drug-likeness (QED) is 0.825. The van der Waals surface area contributed by atoms with Crippen LogP contribution in [0.5, 0.6) is 0 Å². The maximum Gasteiger partial charge on any atom is 0.340 e. The number of Topliss-reactive ketones (excluding diaryl/α,β-unsaturated/α-hetero) is 1. The zero-order chi connectivity index (χ0) is 18.8. The van der Waals surface area contributed by atoms with Gasteiger partial charge in [0, 0.05) is 5.41 Å². The van der Waals surface area contributed by atoms with Crippen LogP contribution in [0.2, 0.25) is 0 Å². The van der Waals surface area contributed by atoms with E-state index in [1.807, 2.05) is 12.1 Å². The SMILES string of the molecule is CC(C)(C)C(=O)COC(=O)c1cc2ccccc2cc1NS(C)(=O)=O. The van der Waals surface area contributed by atoms with E-state index in [0.717, 1.165) is 17.0 Å². The number of ketones is 1. The average Bonchev–Trinajstić information content (AvgIpc) is 2.49. The molecule has 0 aromatic heterocycles. The Bertz CT molecular complexity index is 926. The number of carbonyl (C=O) groups is 2. The molecule has 0 aliphatic heterocycles. The van der Waals surface area contributed by atoms with Gasteiger partial charge < -0.3 is 4.74 Å². The number of hydrogen-bond donors (Lipinski definition) is 1. The molecule has 134 valence electrons. The molecule has 0 heterocycles. The van der Waals surface area contributed by atoms with Crippen molar-refractivity contribution in [1.82, 2.24) is 0 Å². The molecule has 0 aliphatic rings. The fraction of sp³-hybridized carbons (Fsp3) is 0.333. The molecular formula is C18H21NO5S. The molecule has 1 N–H and O–H groups in total. The van der Waals surface area contributed by atoms with E-state index in [0.29, 0.717) is 0 Å². The van der Waals surface area contributed by atoms with Gasteiger partial charge in [0.2, 0.25) is 10.0 Å². The van der Waals surface area contributed by atoms with Gasteiger partial charge in [0.25, 0.3) is 0 Å². The van der Waals surface area contributed by atoms with Gasteiger partial charge in [-0.25, -0.2) is 13.2 Å². The molecule has 7 heteroatoms. The number of nitrogens with one attached hydrogen (secondary N) is 1. The first-order valence-corrected chi connectivity index (χ1v) is 9.57. The Morgan fingerprint density at radius 3 is 2.16 bits per heavy atom. The molecule has 0 amide bonds. The molecule has 0 saturated heterocycles. The number of carbonyl (C=O) groups excluding carboxylic acids is 2. The number of rotatable bonds is 5. The highest BCUT2D eigenvalue weighted by Gasteiger charge is 2.24. The van der Waals surface area contributed by atoms with E-state index < -0.39 is 21.4 Å². The lowest BCUT2D eigenvalue weighted by Crippen LogP contribution is -2.26. The summed E-state index contributed by atoms with van der Waals surface area (Å²) in [5.41, 5.74) is -0.447. The summed E-state index contributed by atoms with van der Waals surface area (Å²) in [7, 11) is -3.58. The van der Waals surface area contributed by atoms with Crippen molar-refractivity contribution in [3.05, 3.63) is 42.0 Å². The zero-order valence-electron chi connectivity index (χ0n) is 14.6. The molecule has 0 bridgehead atoms. The molecule has 0 unspecified atom stereocenters. The van der Waals surface area contributed by atoms with Crippen LogP contribution < -0.4 is 4.72 Å². The maximum atomic E-state index is 12.4. The Morgan fingerprint density at radius 1 is 1.08 bits per heavy atom. The topological polar surface area (TPSA) is 89.5 Å². The van der Waals surface area contributed by atoms with Gasteiger partial charge in [-0.3, -0.25) is 9.52 Å². The predicted octanol–water partition coefficient (Wildman–Crippen LogP) is 2.98. The van der Waals surface area contributed by atoms with Crippen LogP contribution in [0.1, 0.15) is 31.1 Å². The van der Waals surface area contributed by atoms with Gasteiger partial charge in [-0.15, -0.1) is 0 Å². The van der Waals surface area contributed by atoms with Crippen LogP contribution >= 0.6 is 0 Å². The lowest BCUT2D eigenvalue weighted by Gasteiger charge is -2.17. The summed E-state index contributed by atoms with van der Waals surface area (Å²) < 4.78 is 30.6. The standard InChI is InChI=1S/C18H21NO5S/c1-18(2,3)16(20)11-24-17(21)14-9-12-7-5-6-8-13(12)10-15(14)19-25(4,22)23/h5-10,19H,11H2,1-4H3. The number of benzene rings is 2. The van der Waals surface area contributed by atoms with Crippen LogP contribution in [0.25, 0.3) is 10.8 Å². The van der Waals surface area contributed by atoms with E-state index in [1.165, 1.54) is 0 Å². The minimum atomic E-state index is -3.58. The third kappa shape index (κ3) is 5.03. The first-order valence-electron chi connectivity index (χ1n) is 7.68. The van der Waals surface area contributed by atoms with Crippen LogP contribution in [0.4, 0.5) is 5.69 Å². The van der Waals surface area contributed by atoms with Crippen LogP contribution in [0, 0.1) is 5.41 Å². The van der Waals surface area contributed by atoms with Crippen molar-refractivity contribution in [2.24, 2.45) is 5.41 Å². The monoisotopic (exact) mass is 363 g/mol. The van der Waals surface area contributed by atoms with Gasteiger partial charge >= 0.3 is 5.97 Å². The molecule has 25 heavy (non-hydrogen) atoms. The van der Waals surface area contributed by atoms with Crippen molar-refractivity contribution in [1.29, 1.82) is 0 Å². The highest BCUT2D eigenvalue weighted by atomic mass is 32.2. The van der Waals surface area contributed by atoms with E-state index in [1.54, 1.807) is 45.0 Å². The number of ether oxygens (including phenoxy) is 1. The summed E-state index contributed by atoms with van der Waals surface area (Å²) in [5.74, 6) is -0.978. The van der Waals surface area contributed by atoms with Gasteiger partial charge in [-0.05, 0) is 22.9 Å². The van der Waals surface area contributed by atoms with Crippen molar-refractivity contribution in [3.8, 4) is 0 Å². The molecule has 2 aromatic carbocycles. The predicted molar refractivity (Wildman–Crippen MR) is 97.2 cm³/mol. The molecular weight excluding hydrogens is 342 g/mol. The molecule has 0 atom stereocenters. The molecule has 6 nitrogen and oxygen atoms in total. The largest absolute Gasteiger partial charge is 0.454 e. The Hall–Kier alpha value is -2.41. The number of esters is 1. The molecule has 2 aromatic rings. The lowest BCUT2D eigenvalue weighted by molar-refractivity contribution is -0.129. The molecule has 0 radical (unpaired) electrons. The molecule has 0 aliphatic carbocycles. The second kappa shape index (κ2) is 6.84. The van der Waals surface area contributed by atoms with Crippen molar-refractivity contribution >= 4 is 38.2 Å². The fourth-order valence-electron chi connectivity index (χ4n) is 2.12. The van der Waals surface area contributed by atoms with Crippen molar-refractivity contribution in [2.45, 2.75) is 20.8 Å². The van der Waals surface area contributed by atoms with Crippen LogP contribution in [-0.2, 0) is 19.6 Å². The van der Waals surface area contributed by atoms with E-state index in [-0.39, 0.29) is 23.6 Å². The summed E-state index contributed by atoms with van der Waals surface area (Å²) in [4.78, 5) is 24.4. The fourth-order valence-corrected chi connectivity index (χ4v) is 2.69. The van der Waals surface area contributed by atoms with Crippen LogP contribution in [0.3, 0.4) is 0 Å². The lowest BCUT2D eigenvalue weighted by atomic mass is 9.91. The van der Waals surface area contributed by atoms with E-state index in [2.05, 4.69) is 4.72 Å². The van der Waals surface area contributed by atoms with Gasteiger partial charge in [-0.2, -0.15) is 0 Å². The van der Waals surface area contributed by atoms with Crippen molar-refractivity contribution < 1.29 is 22.7 Å². The van der Waals surface area contributed by atoms with Crippen LogP contribution in [0.15, 0.2) is 36.4 Å². The summed E-state index contributed by atoms with van der Waals surface area (Å²) in [6, 6.07) is 10.3. The van der Waals surface area contributed by atoms with Gasteiger partial charge in [0.15, 0.2) is 12.4 Å². The number of anilines is 1. The minimum absolute atomic E-state index is 0.0610. The number of fused-ring (bicyclic) bond motifs is 1. The van der Waals surface area contributed by atoms with Gasteiger partial charge in [0.05, 0.1) is 17.5 Å².